The van der Waals surface area contributed by atoms with Crippen molar-refractivity contribution in [1.82, 2.24) is 10.0 Å². The van der Waals surface area contributed by atoms with Crippen LogP contribution in [-0.4, -0.2) is 27.4 Å². The van der Waals surface area contributed by atoms with E-state index < -0.39 is 10.0 Å². The molecule has 0 unspecified atom stereocenters. The normalized spacial score (nSPS) is 11.2. The third-order valence-corrected chi connectivity index (χ3v) is 3.88. The molecule has 0 aliphatic heterocycles. The van der Waals surface area contributed by atoms with E-state index in [2.05, 4.69) is 10.0 Å². The molecule has 1 amide bonds. The van der Waals surface area contributed by atoms with Crippen molar-refractivity contribution in [2.75, 3.05) is 18.8 Å². The van der Waals surface area contributed by atoms with Crippen LogP contribution in [0.25, 0.3) is 0 Å². The fourth-order valence-corrected chi connectivity index (χ4v) is 2.41. The highest BCUT2D eigenvalue weighted by Gasteiger charge is 2.13. The summed E-state index contributed by atoms with van der Waals surface area (Å²) in [6.07, 6.45) is 0.969. The molecule has 0 bridgehead atoms. The number of anilines is 1. The first-order valence-electron chi connectivity index (χ1n) is 6.07. The van der Waals surface area contributed by atoms with Gasteiger partial charge >= 0.3 is 0 Å². The van der Waals surface area contributed by atoms with Crippen molar-refractivity contribution in [2.45, 2.75) is 24.7 Å². The average Bonchev–Trinajstić information content (AvgIpc) is 2.36. The van der Waals surface area contributed by atoms with Crippen LogP contribution in [0.4, 0.5) is 5.69 Å². The third-order valence-electron chi connectivity index (χ3n) is 2.41. The Morgan fingerprint density at radius 1 is 1.21 bits per heavy atom. The quantitative estimate of drug-likeness (QED) is 0.634. The molecule has 1 aromatic carbocycles. The zero-order valence-corrected chi connectivity index (χ0v) is 11.7. The number of sulfonamides is 1. The fourth-order valence-electron chi connectivity index (χ4n) is 1.38. The van der Waals surface area contributed by atoms with E-state index in [1.54, 1.807) is 0 Å². The number of benzene rings is 1. The van der Waals surface area contributed by atoms with Gasteiger partial charge in [-0.05, 0) is 30.7 Å². The summed E-state index contributed by atoms with van der Waals surface area (Å²) in [4.78, 5) is 11.4. The average molecular weight is 285 g/mol. The van der Waals surface area contributed by atoms with Crippen molar-refractivity contribution in [2.24, 2.45) is 0 Å². The molecule has 0 aliphatic rings. The number of amides is 1. The van der Waals surface area contributed by atoms with Gasteiger partial charge in [-0.3, -0.25) is 4.79 Å². The summed E-state index contributed by atoms with van der Waals surface area (Å²) in [5.41, 5.74) is 5.99. The lowest BCUT2D eigenvalue weighted by Gasteiger charge is -2.07. The molecule has 0 spiro atoms. The highest BCUT2D eigenvalue weighted by atomic mass is 32.2. The molecule has 4 N–H and O–H groups in total. The largest absolute Gasteiger partial charge is 0.399 e. The molecule has 0 saturated heterocycles. The van der Waals surface area contributed by atoms with E-state index in [-0.39, 0.29) is 23.8 Å². The van der Waals surface area contributed by atoms with Gasteiger partial charge in [-0.1, -0.05) is 6.92 Å². The van der Waals surface area contributed by atoms with Gasteiger partial charge in [0.05, 0.1) is 4.90 Å². The van der Waals surface area contributed by atoms with Gasteiger partial charge < -0.3 is 11.1 Å². The zero-order chi connectivity index (χ0) is 14.3. The summed E-state index contributed by atoms with van der Waals surface area (Å²) in [5.74, 6) is -0.165. The van der Waals surface area contributed by atoms with Gasteiger partial charge in [0.1, 0.15) is 0 Å². The van der Waals surface area contributed by atoms with E-state index in [1.165, 1.54) is 24.3 Å². The second kappa shape index (κ2) is 7.10. The molecule has 0 aliphatic carbocycles. The second-order valence-electron chi connectivity index (χ2n) is 4.07. The molecule has 0 fully saturated rings. The van der Waals surface area contributed by atoms with Crippen LogP contribution in [0.2, 0.25) is 0 Å². The maximum atomic E-state index is 11.9. The van der Waals surface area contributed by atoms with Gasteiger partial charge in [0.25, 0.3) is 0 Å². The van der Waals surface area contributed by atoms with Crippen molar-refractivity contribution >= 4 is 21.6 Å². The highest BCUT2D eigenvalue weighted by molar-refractivity contribution is 7.89. The minimum atomic E-state index is -3.58. The Kier molecular flexibility index (Phi) is 5.78. The Balaban J connectivity index is 2.47. The summed E-state index contributed by atoms with van der Waals surface area (Å²) in [6.45, 7) is 2.62. The van der Waals surface area contributed by atoms with E-state index in [1.807, 2.05) is 6.92 Å². The lowest BCUT2D eigenvalue weighted by molar-refractivity contribution is -0.120. The molecular weight excluding hydrogens is 266 g/mol. The molecule has 0 atom stereocenters. The van der Waals surface area contributed by atoms with Crippen LogP contribution in [0.3, 0.4) is 0 Å². The lowest BCUT2D eigenvalue weighted by atomic mass is 10.3. The summed E-state index contributed by atoms with van der Waals surface area (Å²) < 4.78 is 26.1. The van der Waals surface area contributed by atoms with E-state index in [0.717, 1.165) is 6.42 Å². The molecule has 0 saturated carbocycles. The summed E-state index contributed by atoms with van der Waals surface area (Å²) in [5, 5.41) is 2.68. The Hall–Kier alpha value is -1.60. The van der Waals surface area contributed by atoms with E-state index in [4.69, 9.17) is 5.73 Å². The Morgan fingerprint density at radius 3 is 2.42 bits per heavy atom. The molecular formula is C12H19N3O3S. The zero-order valence-electron chi connectivity index (χ0n) is 10.8. The predicted molar refractivity (Wildman–Crippen MR) is 74.0 cm³/mol. The van der Waals surface area contributed by atoms with Crippen LogP contribution in [0, 0.1) is 0 Å². The number of nitrogens with one attached hydrogen (secondary N) is 2. The number of carbonyl (C=O) groups excluding carboxylic acids is 1. The molecule has 0 heterocycles. The predicted octanol–water partition coefficient (Wildman–Crippen LogP) is 0.463. The first kappa shape index (κ1) is 15.5. The standard InChI is InChI=1S/C12H19N3O3S/c1-2-8-14-12(16)7-9-15-19(17,18)11-5-3-10(13)4-6-11/h3-6,15H,2,7-9,13H2,1H3,(H,14,16). The van der Waals surface area contributed by atoms with Crippen LogP contribution in [0.15, 0.2) is 29.2 Å². The lowest BCUT2D eigenvalue weighted by Crippen LogP contribution is -2.31. The second-order valence-corrected chi connectivity index (χ2v) is 5.83. The van der Waals surface area contributed by atoms with E-state index in [9.17, 15) is 13.2 Å². The SMILES string of the molecule is CCCNC(=O)CCNS(=O)(=O)c1ccc(N)cc1. The number of nitrogen functional groups attached to an aromatic ring is 1. The first-order chi connectivity index (χ1) is 8.95. The minimum Gasteiger partial charge on any atom is -0.399 e. The molecule has 19 heavy (non-hydrogen) atoms. The summed E-state index contributed by atoms with van der Waals surface area (Å²) in [6, 6.07) is 5.88. The third kappa shape index (κ3) is 5.27. The van der Waals surface area contributed by atoms with Gasteiger partial charge in [0.2, 0.25) is 15.9 Å². The Bertz CT molecular complexity index is 512. The summed E-state index contributed by atoms with van der Waals surface area (Å²) >= 11 is 0. The van der Waals surface area contributed by atoms with Crippen molar-refractivity contribution in [3.05, 3.63) is 24.3 Å². The van der Waals surface area contributed by atoms with Crippen molar-refractivity contribution < 1.29 is 13.2 Å². The smallest absolute Gasteiger partial charge is 0.240 e. The summed E-state index contributed by atoms with van der Waals surface area (Å²) in [7, 11) is -3.58. The maximum Gasteiger partial charge on any atom is 0.240 e. The molecule has 106 valence electrons. The van der Waals surface area contributed by atoms with Crippen LogP contribution in [0.5, 0.6) is 0 Å². The van der Waals surface area contributed by atoms with E-state index in [0.29, 0.717) is 12.2 Å². The molecule has 7 heteroatoms. The number of hydrogen-bond donors (Lipinski definition) is 3. The Labute approximate surface area is 113 Å². The van der Waals surface area contributed by atoms with Gasteiger partial charge in [-0.25, -0.2) is 13.1 Å². The first-order valence-corrected chi connectivity index (χ1v) is 7.56. The Morgan fingerprint density at radius 2 is 1.84 bits per heavy atom. The van der Waals surface area contributed by atoms with Crippen LogP contribution >= 0.6 is 0 Å². The monoisotopic (exact) mass is 285 g/mol. The van der Waals surface area contributed by atoms with Gasteiger partial charge in [0, 0.05) is 25.2 Å². The van der Waals surface area contributed by atoms with Crippen molar-refractivity contribution in [1.29, 1.82) is 0 Å². The van der Waals surface area contributed by atoms with Gasteiger partial charge in [-0.2, -0.15) is 0 Å². The van der Waals surface area contributed by atoms with Gasteiger partial charge in [-0.15, -0.1) is 0 Å². The highest BCUT2D eigenvalue weighted by Crippen LogP contribution is 2.11. The molecule has 0 aromatic heterocycles. The molecule has 0 radical (unpaired) electrons. The molecule has 1 aromatic rings. The van der Waals surface area contributed by atoms with Crippen LogP contribution in [0.1, 0.15) is 19.8 Å². The topological polar surface area (TPSA) is 101 Å². The molecule has 6 nitrogen and oxygen atoms in total. The maximum absolute atomic E-state index is 11.9. The van der Waals surface area contributed by atoms with Gasteiger partial charge in [0.15, 0.2) is 0 Å². The number of carbonyl (C=O) groups is 1. The number of nitrogens with two attached hydrogens (primary N) is 1. The van der Waals surface area contributed by atoms with Crippen molar-refractivity contribution in [3.8, 4) is 0 Å². The molecule has 1 rings (SSSR count). The number of rotatable bonds is 7. The minimum absolute atomic E-state index is 0.0717. The fraction of sp³-hybridized carbons (Fsp3) is 0.417. The van der Waals surface area contributed by atoms with Crippen LogP contribution in [-0.2, 0) is 14.8 Å². The van der Waals surface area contributed by atoms with Crippen molar-refractivity contribution in [3.63, 3.8) is 0 Å². The number of hydrogen-bond acceptors (Lipinski definition) is 4. The van der Waals surface area contributed by atoms with Crippen LogP contribution < -0.4 is 15.8 Å². The van der Waals surface area contributed by atoms with E-state index >= 15 is 0 Å².